The Morgan fingerprint density at radius 2 is 1.79 bits per heavy atom. The Kier molecular flexibility index (Phi) is 6.92. The molecule has 1 unspecified atom stereocenters. The average Bonchev–Trinajstić information content (AvgIpc) is 3.09. The third-order valence-electron chi connectivity index (χ3n) is 6.32. The smallest absolute Gasteiger partial charge is 0.275 e. The minimum atomic E-state index is -1.28. The molecule has 1 spiro atoms. The number of amides is 2. The van der Waals surface area contributed by atoms with E-state index in [4.69, 9.17) is 20.2 Å². The summed E-state index contributed by atoms with van der Waals surface area (Å²) in [7, 11) is 1.59. The number of carbonyl (C=O) groups is 2. The molecule has 0 aromatic heterocycles. The highest BCUT2D eigenvalue weighted by Crippen LogP contribution is 2.44. The summed E-state index contributed by atoms with van der Waals surface area (Å²) < 4.78 is 38.2. The Bertz CT molecular complexity index is 1100. The number of primary amides is 1. The van der Waals surface area contributed by atoms with E-state index in [2.05, 4.69) is 0 Å². The Morgan fingerprint density at radius 1 is 1.09 bits per heavy atom. The van der Waals surface area contributed by atoms with Crippen molar-refractivity contribution in [3.8, 4) is 5.75 Å². The molecule has 2 aromatic carbocycles. The molecule has 0 radical (unpaired) electrons. The summed E-state index contributed by atoms with van der Waals surface area (Å²) in [6.45, 7) is 0.837. The second-order valence-electron chi connectivity index (χ2n) is 8.52. The van der Waals surface area contributed by atoms with Crippen LogP contribution < -0.4 is 10.5 Å². The molecule has 4 rings (SSSR count). The molecule has 1 aliphatic heterocycles. The summed E-state index contributed by atoms with van der Waals surface area (Å²) in [6.07, 6.45) is 3.71. The summed E-state index contributed by atoms with van der Waals surface area (Å²) in [4.78, 5) is 32.5. The highest BCUT2D eigenvalue weighted by Gasteiger charge is 2.52. The average molecular weight is 472 g/mol. The fraction of sp³-hybridized carbons (Fsp3) is 0.400. The van der Waals surface area contributed by atoms with Crippen LogP contribution in [0.3, 0.4) is 0 Å². The van der Waals surface area contributed by atoms with E-state index in [1.807, 2.05) is 0 Å². The van der Waals surface area contributed by atoms with Gasteiger partial charge in [0.1, 0.15) is 29.8 Å². The van der Waals surface area contributed by atoms with E-state index in [1.165, 1.54) is 11.0 Å². The molecule has 2 aromatic rings. The standard InChI is InChI=1S/C25H27F2N3O4/c1-33-13-14-34-18-8-5-16(6-9-18)21-24(32)30(25(29-21)11-3-2-4-12-25)22(23(28)31)17-7-10-19(26)20(27)15-17/h5-10,15,22H,2-4,11-14H2,1H3,(H2,28,31). The normalized spacial score (nSPS) is 18.1. The van der Waals surface area contributed by atoms with E-state index in [0.29, 0.717) is 37.4 Å². The topological polar surface area (TPSA) is 94.2 Å². The maximum Gasteiger partial charge on any atom is 0.275 e. The molecule has 2 aliphatic rings. The van der Waals surface area contributed by atoms with Gasteiger partial charge in [-0.2, -0.15) is 0 Å². The summed E-state index contributed by atoms with van der Waals surface area (Å²) in [5.41, 5.74) is 5.65. The second-order valence-corrected chi connectivity index (χ2v) is 8.52. The molecule has 1 saturated carbocycles. The molecule has 180 valence electrons. The second kappa shape index (κ2) is 9.89. The van der Waals surface area contributed by atoms with Gasteiger partial charge < -0.3 is 15.2 Å². The number of ether oxygens (including phenoxy) is 2. The molecule has 2 N–H and O–H groups in total. The van der Waals surface area contributed by atoms with Crippen LogP contribution >= 0.6 is 0 Å². The van der Waals surface area contributed by atoms with Crippen LogP contribution in [0.5, 0.6) is 5.75 Å². The molecule has 2 amide bonds. The van der Waals surface area contributed by atoms with E-state index in [9.17, 15) is 18.4 Å². The van der Waals surface area contributed by atoms with Crippen molar-refractivity contribution in [2.24, 2.45) is 10.7 Å². The molecule has 1 heterocycles. The van der Waals surface area contributed by atoms with Crippen molar-refractivity contribution in [1.82, 2.24) is 4.90 Å². The van der Waals surface area contributed by atoms with Gasteiger partial charge in [0.2, 0.25) is 5.91 Å². The molecular weight excluding hydrogens is 444 g/mol. The number of carbonyl (C=O) groups excluding carboxylic acids is 2. The fourth-order valence-electron chi connectivity index (χ4n) is 4.70. The Labute approximate surface area is 196 Å². The molecule has 0 saturated heterocycles. The lowest BCUT2D eigenvalue weighted by molar-refractivity contribution is -0.141. The number of aliphatic imine (C=N–C) groups is 1. The highest BCUT2D eigenvalue weighted by atomic mass is 19.2. The van der Waals surface area contributed by atoms with E-state index in [-0.39, 0.29) is 11.3 Å². The third kappa shape index (κ3) is 4.52. The zero-order chi connectivity index (χ0) is 24.3. The van der Waals surface area contributed by atoms with Gasteiger partial charge in [-0.25, -0.2) is 8.78 Å². The van der Waals surface area contributed by atoms with E-state index in [0.717, 1.165) is 31.4 Å². The zero-order valence-corrected chi connectivity index (χ0v) is 18.9. The first-order chi connectivity index (χ1) is 16.4. The number of rotatable bonds is 8. The number of methoxy groups -OCH3 is 1. The maximum absolute atomic E-state index is 14.0. The molecule has 1 fully saturated rings. The highest BCUT2D eigenvalue weighted by molar-refractivity contribution is 6.47. The summed E-state index contributed by atoms with van der Waals surface area (Å²) in [5.74, 6) is -2.84. The van der Waals surface area contributed by atoms with Gasteiger partial charge in [-0.1, -0.05) is 12.5 Å². The van der Waals surface area contributed by atoms with Crippen LogP contribution in [-0.4, -0.2) is 48.4 Å². The predicted octanol–water partition coefficient (Wildman–Crippen LogP) is 3.51. The van der Waals surface area contributed by atoms with Gasteiger partial charge >= 0.3 is 0 Å². The number of halogens is 2. The maximum atomic E-state index is 14.0. The Hall–Kier alpha value is -3.33. The van der Waals surface area contributed by atoms with Crippen LogP contribution in [0.25, 0.3) is 0 Å². The molecule has 34 heavy (non-hydrogen) atoms. The quantitative estimate of drug-likeness (QED) is 0.596. The predicted molar refractivity (Wildman–Crippen MR) is 121 cm³/mol. The molecular formula is C25H27F2N3O4. The third-order valence-corrected chi connectivity index (χ3v) is 6.32. The Balaban J connectivity index is 1.71. The fourth-order valence-corrected chi connectivity index (χ4v) is 4.70. The summed E-state index contributed by atoms with van der Waals surface area (Å²) >= 11 is 0. The minimum absolute atomic E-state index is 0.114. The lowest BCUT2D eigenvalue weighted by Crippen LogP contribution is -2.53. The van der Waals surface area contributed by atoms with Gasteiger partial charge in [-0.15, -0.1) is 0 Å². The van der Waals surface area contributed by atoms with Crippen LogP contribution in [0.15, 0.2) is 47.5 Å². The van der Waals surface area contributed by atoms with Gasteiger partial charge in [-0.3, -0.25) is 19.5 Å². The molecule has 1 aliphatic carbocycles. The number of nitrogens with zero attached hydrogens (tertiary/aromatic N) is 2. The van der Waals surface area contributed by atoms with Crippen LogP contribution in [0.1, 0.15) is 49.3 Å². The first-order valence-electron chi connectivity index (χ1n) is 11.3. The van der Waals surface area contributed by atoms with Crippen LogP contribution in [0.4, 0.5) is 8.78 Å². The monoisotopic (exact) mass is 471 g/mol. The van der Waals surface area contributed by atoms with Crippen molar-refractivity contribution >= 4 is 17.5 Å². The van der Waals surface area contributed by atoms with Gasteiger partial charge in [0.25, 0.3) is 5.91 Å². The minimum Gasteiger partial charge on any atom is -0.491 e. The van der Waals surface area contributed by atoms with E-state index < -0.39 is 35.2 Å². The van der Waals surface area contributed by atoms with Crippen molar-refractivity contribution in [1.29, 1.82) is 0 Å². The Morgan fingerprint density at radius 3 is 2.41 bits per heavy atom. The first-order valence-corrected chi connectivity index (χ1v) is 11.3. The van der Waals surface area contributed by atoms with Crippen molar-refractivity contribution in [2.45, 2.75) is 43.8 Å². The van der Waals surface area contributed by atoms with Crippen LogP contribution in [0, 0.1) is 11.6 Å². The van der Waals surface area contributed by atoms with Crippen molar-refractivity contribution in [3.63, 3.8) is 0 Å². The number of nitrogens with two attached hydrogens (primary N) is 1. The van der Waals surface area contributed by atoms with Crippen LogP contribution in [-0.2, 0) is 14.3 Å². The lowest BCUT2D eigenvalue weighted by Gasteiger charge is -2.42. The first kappa shape index (κ1) is 23.8. The van der Waals surface area contributed by atoms with Gasteiger partial charge in [0, 0.05) is 12.7 Å². The zero-order valence-electron chi connectivity index (χ0n) is 18.9. The van der Waals surface area contributed by atoms with Crippen molar-refractivity contribution in [2.75, 3.05) is 20.3 Å². The van der Waals surface area contributed by atoms with E-state index >= 15 is 0 Å². The van der Waals surface area contributed by atoms with E-state index in [1.54, 1.807) is 31.4 Å². The van der Waals surface area contributed by atoms with Gasteiger partial charge in [-0.05, 0) is 67.6 Å². The van der Waals surface area contributed by atoms with Crippen LogP contribution in [0.2, 0.25) is 0 Å². The van der Waals surface area contributed by atoms with Crippen molar-refractivity contribution in [3.05, 3.63) is 65.2 Å². The number of hydrogen-bond acceptors (Lipinski definition) is 5. The van der Waals surface area contributed by atoms with Gasteiger partial charge in [0.15, 0.2) is 11.6 Å². The molecule has 7 nitrogen and oxygen atoms in total. The largest absolute Gasteiger partial charge is 0.491 e. The molecule has 9 heteroatoms. The summed E-state index contributed by atoms with van der Waals surface area (Å²) in [6, 6.07) is 8.78. The molecule has 1 atom stereocenters. The molecule has 0 bridgehead atoms. The summed E-state index contributed by atoms with van der Waals surface area (Å²) in [5, 5.41) is 0. The number of benzene rings is 2. The number of hydrogen-bond donors (Lipinski definition) is 1. The van der Waals surface area contributed by atoms with Gasteiger partial charge in [0.05, 0.1) is 6.61 Å². The SMILES string of the molecule is COCCOc1ccc(C2=NC3(CCCCC3)N(C(C(N)=O)c3ccc(F)c(F)c3)C2=O)cc1. The van der Waals surface area contributed by atoms with Crippen molar-refractivity contribution < 1.29 is 27.8 Å². The lowest BCUT2D eigenvalue weighted by atomic mass is 9.86.